The number of carbonyl (C=O) groups excluding carboxylic acids is 1. The standard InChI is InChI=1S/C20H30N2O3/c1-14-6-8-22(9-7-14)13-16(23)12-21-20(24)19-11-18(19)15-4-3-5-17(10-15)25-2/h3-5,10,14,16,18-19,23H,6-9,11-13H2,1-2H3,(H,21,24). The van der Waals surface area contributed by atoms with Gasteiger partial charge >= 0.3 is 0 Å². The average Bonchev–Trinajstić information content (AvgIpc) is 3.42. The summed E-state index contributed by atoms with van der Waals surface area (Å²) in [4.78, 5) is 14.6. The molecule has 5 nitrogen and oxygen atoms in total. The third-order valence-electron chi connectivity index (χ3n) is 5.51. The van der Waals surface area contributed by atoms with E-state index < -0.39 is 6.10 Å². The van der Waals surface area contributed by atoms with Gasteiger partial charge in [0.05, 0.1) is 13.2 Å². The number of hydrogen-bond acceptors (Lipinski definition) is 4. The van der Waals surface area contributed by atoms with E-state index in [1.165, 1.54) is 12.8 Å². The van der Waals surface area contributed by atoms with E-state index in [-0.39, 0.29) is 17.7 Å². The number of nitrogens with zero attached hydrogens (tertiary/aromatic N) is 1. The lowest BCUT2D eigenvalue weighted by atomic mass is 9.99. The van der Waals surface area contributed by atoms with Gasteiger partial charge in [0.1, 0.15) is 5.75 Å². The summed E-state index contributed by atoms with van der Waals surface area (Å²) in [5.74, 6) is 1.97. The first kappa shape index (κ1) is 18.2. The Morgan fingerprint density at radius 3 is 2.88 bits per heavy atom. The van der Waals surface area contributed by atoms with Gasteiger partial charge in [0.15, 0.2) is 0 Å². The van der Waals surface area contributed by atoms with Gasteiger partial charge in [-0.05, 0) is 61.9 Å². The highest BCUT2D eigenvalue weighted by Crippen LogP contribution is 2.48. The molecule has 0 radical (unpaired) electrons. The fourth-order valence-electron chi connectivity index (χ4n) is 3.68. The second-order valence-electron chi connectivity index (χ2n) is 7.61. The first-order valence-electron chi connectivity index (χ1n) is 9.39. The number of piperidine rings is 1. The fraction of sp³-hybridized carbons (Fsp3) is 0.650. The van der Waals surface area contributed by atoms with Crippen LogP contribution in [-0.4, -0.2) is 55.3 Å². The van der Waals surface area contributed by atoms with Gasteiger partial charge in [-0.15, -0.1) is 0 Å². The molecule has 1 heterocycles. The number of benzene rings is 1. The van der Waals surface area contributed by atoms with Crippen LogP contribution in [0.1, 0.15) is 37.7 Å². The van der Waals surface area contributed by atoms with Crippen LogP contribution in [0.4, 0.5) is 0 Å². The number of carbonyl (C=O) groups is 1. The lowest BCUT2D eigenvalue weighted by molar-refractivity contribution is -0.122. The molecule has 3 unspecified atom stereocenters. The molecule has 1 aromatic carbocycles. The van der Waals surface area contributed by atoms with Crippen molar-refractivity contribution in [3.05, 3.63) is 29.8 Å². The van der Waals surface area contributed by atoms with E-state index in [2.05, 4.69) is 17.1 Å². The van der Waals surface area contributed by atoms with E-state index >= 15 is 0 Å². The highest BCUT2D eigenvalue weighted by Gasteiger charge is 2.44. The van der Waals surface area contributed by atoms with Gasteiger partial charge < -0.3 is 20.1 Å². The maximum atomic E-state index is 12.3. The highest BCUT2D eigenvalue weighted by atomic mass is 16.5. The number of likely N-dealkylation sites (tertiary alicyclic amines) is 1. The van der Waals surface area contributed by atoms with Gasteiger partial charge in [-0.2, -0.15) is 0 Å². The van der Waals surface area contributed by atoms with Crippen LogP contribution in [0, 0.1) is 11.8 Å². The molecule has 0 bridgehead atoms. The summed E-state index contributed by atoms with van der Waals surface area (Å²) in [6.07, 6.45) is 2.78. The summed E-state index contributed by atoms with van der Waals surface area (Å²) in [7, 11) is 1.65. The number of rotatable bonds is 7. The van der Waals surface area contributed by atoms with Crippen molar-refractivity contribution in [3.8, 4) is 5.75 Å². The minimum Gasteiger partial charge on any atom is -0.497 e. The molecular weight excluding hydrogens is 316 g/mol. The Hall–Kier alpha value is -1.59. The fourth-order valence-corrected chi connectivity index (χ4v) is 3.68. The molecular formula is C20H30N2O3. The second-order valence-corrected chi connectivity index (χ2v) is 7.61. The van der Waals surface area contributed by atoms with Crippen molar-refractivity contribution in [1.82, 2.24) is 10.2 Å². The maximum Gasteiger partial charge on any atom is 0.223 e. The molecule has 5 heteroatoms. The van der Waals surface area contributed by atoms with E-state index in [4.69, 9.17) is 4.74 Å². The first-order chi connectivity index (χ1) is 12.1. The van der Waals surface area contributed by atoms with E-state index in [9.17, 15) is 9.90 Å². The zero-order valence-electron chi connectivity index (χ0n) is 15.3. The third kappa shape index (κ3) is 4.95. The van der Waals surface area contributed by atoms with Gasteiger partial charge in [0.2, 0.25) is 5.91 Å². The van der Waals surface area contributed by atoms with Crippen molar-refractivity contribution < 1.29 is 14.6 Å². The van der Waals surface area contributed by atoms with Crippen molar-refractivity contribution in [3.63, 3.8) is 0 Å². The molecule has 1 aliphatic carbocycles. The molecule has 138 valence electrons. The number of aliphatic hydroxyl groups excluding tert-OH is 1. The lowest BCUT2D eigenvalue weighted by Crippen LogP contribution is -2.43. The Kier molecular flexibility index (Phi) is 5.97. The molecule has 1 amide bonds. The number of β-amino-alcohol motifs (C(OH)–C–C–N with tert-alkyl or cyclic N) is 1. The first-order valence-corrected chi connectivity index (χ1v) is 9.39. The van der Waals surface area contributed by atoms with E-state index in [0.717, 1.165) is 36.7 Å². The van der Waals surface area contributed by atoms with Crippen molar-refractivity contribution in [2.75, 3.05) is 33.3 Å². The smallest absolute Gasteiger partial charge is 0.223 e. The monoisotopic (exact) mass is 346 g/mol. The molecule has 0 aromatic heterocycles. The minimum absolute atomic E-state index is 0.0233. The van der Waals surface area contributed by atoms with Crippen molar-refractivity contribution >= 4 is 5.91 Å². The summed E-state index contributed by atoms with van der Waals surface area (Å²) in [6.45, 7) is 5.37. The van der Waals surface area contributed by atoms with Gasteiger partial charge in [-0.25, -0.2) is 0 Å². The van der Waals surface area contributed by atoms with Gasteiger partial charge in [0.25, 0.3) is 0 Å². The average molecular weight is 346 g/mol. The summed E-state index contributed by atoms with van der Waals surface area (Å²) in [5, 5.41) is 13.1. The largest absolute Gasteiger partial charge is 0.497 e. The summed E-state index contributed by atoms with van der Waals surface area (Å²) in [5.41, 5.74) is 1.16. The quantitative estimate of drug-likeness (QED) is 0.793. The maximum absolute atomic E-state index is 12.3. The molecule has 0 spiro atoms. The molecule has 2 aliphatic rings. The van der Waals surface area contributed by atoms with Gasteiger partial charge in [-0.1, -0.05) is 19.1 Å². The summed E-state index contributed by atoms with van der Waals surface area (Å²) in [6, 6.07) is 7.93. The molecule has 3 atom stereocenters. The summed E-state index contributed by atoms with van der Waals surface area (Å²) < 4.78 is 5.25. The Labute approximate surface area is 150 Å². The SMILES string of the molecule is COc1cccc(C2CC2C(=O)NCC(O)CN2CCC(C)CC2)c1. The van der Waals surface area contributed by atoms with Gasteiger partial charge in [0, 0.05) is 19.0 Å². The zero-order chi connectivity index (χ0) is 17.8. The normalized spacial score (nSPS) is 25.4. The number of aliphatic hydroxyl groups is 1. The van der Waals surface area contributed by atoms with Crippen LogP contribution in [0.3, 0.4) is 0 Å². The second kappa shape index (κ2) is 8.19. The molecule has 1 aromatic rings. The number of methoxy groups -OCH3 is 1. The predicted molar refractivity (Wildman–Crippen MR) is 97.7 cm³/mol. The molecule has 1 saturated heterocycles. The van der Waals surface area contributed by atoms with Crippen LogP contribution in [0.2, 0.25) is 0 Å². The predicted octanol–water partition coefficient (Wildman–Crippen LogP) is 2.01. The molecule has 2 N–H and O–H groups in total. The minimum atomic E-state index is -0.494. The molecule has 2 fully saturated rings. The van der Waals surface area contributed by atoms with E-state index in [1.807, 2.05) is 24.3 Å². The zero-order valence-corrected chi connectivity index (χ0v) is 15.3. The lowest BCUT2D eigenvalue weighted by Gasteiger charge is -2.31. The number of ether oxygens (including phenoxy) is 1. The molecule has 1 aliphatic heterocycles. The van der Waals surface area contributed by atoms with Gasteiger partial charge in [-0.3, -0.25) is 4.79 Å². The number of hydrogen-bond donors (Lipinski definition) is 2. The molecule has 1 saturated carbocycles. The van der Waals surface area contributed by atoms with Crippen LogP contribution in [0.15, 0.2) is 24.3 Å². The Morgan fingerprint density at radius 2 is 2.16 bits per heavy atom. The molecule has 25 heavy (non-hydrogen) atoms. The van der Waals surface area contributed by atoms with Crippen molar-refractivity contribution in [2.24, 2.45) is 11.8 Å². The molecule has 3 rings (SSSR count). The third-order valence-corrected chi connectivity index (χ3v) is 5.51. The van der Waals surface area contributed by atoms with Crippen molar-refractivity contribution in [1.29, 1.82) is 0 Å². The Balaban J connectivity index is 1.39. The van der Waals surface area contributed by atoms with E-state index in [0.29, 0.717) is 13.1 Å². The van der Waals surface area contributed by atoms with Crippen LogP contribution >= 0.6 is 0 Å². The summed E-state index contributed by atoms with van der Waals surface area (Å²) >= 11 is 0. The van der Waals surface area contributed by atoms with Crippen LogP contribution in [-0.2, 0) is 4.79 Å². The topological polar surface area (TPSA) is 61.8 Å². The van der Waals surface area contributed by atoms with E-state index in [1.54, 1.807) is 7.11 Å². The number of nitrogens with one attached hydrogen (secondary N) is 1. The number of amides is 1. The van der Waals surface area contributed by atoms with Crippen LogP contribution < -0.4 is 10.1 Å². The van der Waals surface area contributed by atoms with Crippen molar-refractivity contribution in [2.45, 2.75) is 38.2 Å². The Bertz CT molecular complexity index is 584. The van der Waals surface area contributed by atoms with Crippen LogP contribution in [0.25, 0.3) is 0 Å². The Morgan fingerprint density at radius 1 is 1.40 bits per heavy atom. The van der Waals surface area contributed by atoms with Crippen LogP contribution in [0.5, 0.6) is 5.75 Å². The highest BCUT2D eigenvalue weighted by molar-refractivity contribution is 5.82.